The molecule has 22 heavy (non-hydrogen) atoms. The minimum atomic E-state index is -3.52. The van der Waals surface area contributed by atoms with Crippen molar-refractivity contribution in [1.29, 1.82) is 0 Å². The third kappa shape index (κ3) is 3.35. The Hall–Kier alpha value is -1.35. The Bertz CT molecular complexity index is 707. The van der Waals surface area contributed by atoms with Crippen molar-refractivity contribution in [3.05, 3.63) is 30.3 Å². The number of piperazine rings is 1. The monoisotopic (exact) mass is 340 g/mol. The highest BCUT2D eigenvalue weighted by atomic mass is 32.2. The van der Waals surface area contributed by atoms with Gasteiger partial charge in [-0.3, -0.25) is 0 Å². The average Bonchev–Trinajstić information content (AvgIpc) is 2.99. The first-order chi connectivity index (χ1) is 10.1. The van der Waals surface area contributed by atoms with Gasteiger partial charge in [0, 0.05) is 31.7 Å². The van der Waals surface area contributed by atoms with Crippen LogP contribution in [-0.2, 0) is 10.0 Å². The van der Waals surface area contributed by atoms with Crippen LogP contribution in [0.15, 0.2) is 34.7 Å². The minimum Gasteiger partial charge on any atom is -0.304 e. The first-order valence-corrected chi connectivity index (χ1v) is 8.86. The van der Waals surface area contributed by atoms with Gasteiger partial charge in [-0.1, -0.05) is 37.8 Å². The zero-order valence-corrected chi connectivity index (χ0v) is 13.3. The number of hydrogen-bond acceptors (Lipinski definition) is 6. The lowest BCUT2D eigenvalue weighted by atomic mass is 10.2. The van der Waals surface area contributed by atoms with Crippen LogP contribution in [0.1, 0.15) is 7.43 Å². The molecule has 6 nitrogen and oxygen atoms in total. The summed E-state index contributed by atoms with van der Waals surface area (Å²) >= 11 is 0.941. The maximum absolute atomic E-state index is 12.6. The molecular weight excluding hydrogens is 320 g/mol. The zero-order chi connectivity index (χ0) is 14.9. The van der Waals surface area contributed by atoms with Crippen LogP contribution < -0.4 is 0 Å². The summed E-state index contributed by atoms with van der Waals surface area (Å²) in [6.45, 7) is 2.48. The predicted octanol–water partition coefficient (Wildman–Crippen LogP) is 1.78. The Morgan fingerprint density at radius 1 is 1.09 bits per heavy atom. The second kappa shape index (κ2) is 6.82. The summed E-state index contributed by atoms with van der Waals surface area (Å²) < 4.78 is 30.8. The van der Waals surface area contributed by atoms with E-state index in [0.29, 0.717) is 18.9 Å². The molecule has 0 bridgehead atoms. The quantitative estimate of drug-likeness (QED) is 0.852. The van der Waals surface area contributed by atoms with Crippen LogP contribution in [0.3, 0.4) is 0 Å². The van der Waals surface area contributed by atoms with E-state index in [1.54, 1.807) is 0 Å². The molecule has 0 unspecified atom stereocenters. The molecule has 0 aliphatic carbocycles. The molecule has 1 aromatic carbocycles. The average molecular weight is 340 g/mol. The Labute approximate surface area is 135 Å². The summed E-state index contributed by atoms with van der Waals surface area (Å²) in [5, 5.41) is 0. The van der Waals surface area contributed by atoms with Gasteiger partial charge in [-0.15, -0.1) is 0 Å². The summed E-state index contributed by atoms with van der Waals surface area (Å²) in [6, 6.07) is 9.40. The van der Waals surface area contributed by atoms with Crippen LogP contribution in [0, 0.1) is 0 Å². The Kier molecular flexibility index (Phi) is 5.28. The zero-order valence-electron chi connectivity index (χ0n) is 11.6. The van der Waals surface area contributed by atoms with E-state index in [9.17, 15) is 8.42 Å². The van der Waals surface area contributed by atoms with E-state index < -0.39 is 10.0 Å². The Balaban J connectivity index is 0.00000176. The van der Waals surface area contributed by atoms with Gasteiger partial charge in [-0.2, -0.15) is 8.68 Å². The molecule has 2 heterocycles. The van der Waals surface area contributed by atoms with Gasteiger partial charge in [-0.05, 0) is 18.6 Å². The molecule has 120 valence electrons. The number of aromatic nitrogens is 2. The first kappa shape index (κ1) is 17.0. The van der Waals surface area contributed by atoms with E-state index in [4.69, 9.17) is 0 Å². The normalized spacial score (nSPS) is 17.1. The number of rotatable bonds is 3. The molecule has 0 atom stereocenters. The summed E-state index contributed by atoms with van der Waals surface area (Å²) in [5.74, 6) is 0.466. The fraction of sp³-hybridized carbons (Fsp3) is 0.429. The lowest BCUT2D eigenvalue weighted by molar-refractivity contribution is 0.222. The number of sulfonamides is 1. The van der Waals surface area contributed by atoms with Crippen molar-refractivity contribution in [1.82, 2.24) is 18.6 Å². The molecule has 0 saturated carbocycles. The highest BCUT2D eigenvalue weighted by Gasteiger charge is 2.30. The topological polar surface area (TPSA) is 66.4 Å². The van der Waals surface area contributed by atoms with Crippen LogP contribution in [0.4, 0.5) is 0 Å². The number of likely N-dealkylation sites (N-methyl/N-ethyl adjacent to an activating group) is 1. The molecule has 1 aliphatic heterocycles. The number of hydrogen-bond donors (Lipinski definition) is 0. The summed E-state index contributed by atoms with van der Waals surface area (Å²) in [4.78, 5) is 6.32. The van der Waals surface area contributed by atoms with Crippen molar-refractivity contribution in [2.45, 2.75) is 11.8 Å². The molecule has 1 aromatic heterocycles. The van der Waals surface area contributed by atoms with Crippen LogP contribution in [0.5, 0.6) is 0 Å². The van der Waals surface area contributed by atoms with E-state index in [1.165, 1.54) is 4.31 Å². The molecular formula is C14H20N4O2S2. The van der Waals surface area contributed by atoms with E-state index in [1.807, 2.05) is 37.4 Å². The van der Waals surface area contributed by atoms with Gasteiger partial charge in [0.1, 0.15) is 0 Å². The van der Waals surface area contributed by atoms with Crippen molar-refractivity contribution in [2.75, 3.05) is 33.2 Å². The number of benzene rings is 1. The predicted molar refractivity (Wildman–Crippen MR) is 88.3 cm³/mol. The highest BCUT2D eigenvalue weighted by molar-refractivity contribution is 7.91. The molecule has 0 radical (unpaired) electrons. The van der Waals surface area contributed by atoms with E-state index in [2.05, 4.69) is 14.3 Å². The highest BCUT2D eigenvalue weighted by Crippen LogP contribution is 2.23. The molecule has 3 rings (SSSR count). The van der Waals surface area contributed by atoms with E-state index >= 15 is 0 Å². The van der Waals surface area contributed by atoms with Gasteiger partial charge < -0.3 is 4.90 Å². The fourth-order valence-corrected chi connectivity index (χ4v) is 4.47. The van der Waals surface area contributed by atoms with Crippen molar-refractivity contribution < 1.29 is 8.42 Å². The summed E-state index contributed by atoms with van der Waals surface area (Å²) in [6.07, 6.45) is 0. The lowest BCUT2D eigenvalue weighted by Gasteiger charge is -2.30. The van der Waals surface area contributed by atoms with Crippen LogP contribution >= 0.6 is 11.5 Å². The molecule has 1 aliphatic rings. The van der Waals surface area contributed by atoms with E-state index in [0.717, 1.165) is 30.2 Å². The van der Waals surface area contributed by atoms with Gasteiger partial charge in [0.2, 0.25) is 4.34 Å². The van der Waals surface area contributed by atoms with Crippen molar-refractivity contribution >= 4 is 21.6 Å². The molecule has 0 spiro atoms. The molecule has 1 saturated heterocycles. The maximum atomic E-state index is 12.6. The second-order valence-electron chi connectivity index (χ2n) is 4.96. The van der Waals surface area contributed by atoms with Gasteiger partial charge in [0.05, 0.1) is 0 Å². The first-order valence-electron chi connectivity index (χ1n) is 6.65. The van der Waals surface area contributed by atoms with Gasteiger partial charge in [0.25, 0.3) is 10.0 Å². The minimum absolute atomic E-state index is 0. The van der Waals surface area contributed by atoms with Crippen LogP contribution in [0.2, 0.25) is 0 Å². The SMILES string of the molecule is C.CN1CCN(S(=O)(=O)c2nc(-c3ccccc3)ns2)CC1. The van der Waals surface area contributed by atoms with Crippen molar-refractivity contribution in [3.63, 3.8) is 0 Å². The Morgan fingerprint density at radius 3 is 2.36 bits per heavy atom. The van der Waals surface area contributed by atoms with Gasteiger partial charge in [0.15, 0.2) is 5.82 Å². The van der Waals surface area contributed by atoms with Crippen LogP contribution in [-0.4, -0.2) is 60.2 Å². The fourth-order valence-electron chi connectivity index (χ4n) is 2.16. The lowest BCUT2D eigenvalue weighted by Crippen LogP contribution is -2.46. The van der Waals surface area contributed by atoms with Gasteiger partial charge in [-0.25, -0.2) is 13.4 Å². The molecule has 0 N–H and O–H groups in total. The third-order valence-corrected chi connectivity index (χ3v) is 6.41. The third-order valence-electron chi connectivity index (χ3n) is 3.46. The van der Waals surface area contributed by atoms with Crippen LogP contribution in [0.25, 0.3) is 11.4 Å². The Morgan fingerprint density at radius 2 is 1.73 bits per heavy atom. The molecule has 1 fully saturated rings. The van der Waals surface area contributed by atoms with Crippen molar-refractivity contribution in [2.24, 2.45) is 0 Å². The summed E-state index contributed by atoms with van der Waals surface area (Å²) in [7, 11) is -1.53. The van der Waals surface area contributed by atoms with Gasteiger partial charge >= 0.3 is 0 Å². The largest absolute Gasteiger partial charge is 0.304 e. The molecule has 0 amide bonds. The molecule has 2 aromatic rings. The number of nitrogens with zero attached hydrogens (tertiary/aromatic N) is 4. The smallest absolute Gasteiger partial charge is 0.272 e. The standard InChI is InChI=1S/C13H16N4O2S2.CH4/c1-16-7-9-17(10-8-16)21(18,19)13-14-12(15-20-13)11-5-3-2-4-6-11;/h2-6H,7-10H2,1H3;1H4. The maximum Gasteiger partial charge on any atom is 0.272 e. The second-order valence-corrected chi connectivity index (χ2v) is 7.82. The van der Waals surface area contributed by atoms with Crippen molar-refractivity contribution in [3.8, 4) is 11.4 Å². The summed E-state index contributed by atoms with van der Waals surface area (Å²) in [5.41, 5.74) is 0.827. The van der Waals surface area contributed by atoms with E-state index in [-0.39, 0.29) is 11.8 Å². The molecule has 8 heteroatoms.